The van der Waals surface area contributed by atoms with Gasteiger partial charge in [-0.05, 0) is 32.3 Å². The van der Waals surface area contributed by atoms with Gasteiger partial charge in [0.25, 0.3) is 5.91 Å². The molecule has 1 aromatic heterocycles. The van der Waals surface area contributed by atoms with Crippen LogP contribution in [0, 0.1) is 6.92 Å². The van der Waals surface area contributed by atoms with Gasteiger partial charge in [-0.1, -0.05) is 0 Å². The lowest BCUT2D eigenvalue weighted by Gasteiger charge is -2.36. The largest absolute Gasteiger partial charge is 0.365 e. The number of aryl methyl sites for hydroxylation is 1. The minimum atomic E-state index is -0.368. The van der Waals surface area contributed by atoms with Crippen LogP contribution in [0.25, 0.3) is 0 Å². The van der Waals surface area contributed by atoms with Crippen LogP contribution in [0.4, 0.5) is 5.82 Å². The van der Waals surface area contributed by atoms with E-state index >= 15 is 0 Å². The summed E-state index contributed by atoms with van der Waals surface area (Å²) < 4.78 is 5.70. The SMILES string of the molecule is Cc1nccc(N2CCOC(C(=O)N3CCCCC3)C2)n1. The van der Waals surface area contributed by atoms with Gasteiger partial charge in [0.05, 0.1) is 13.2 Å². The zero-order chi connectivity index (χ0) is 14.7. The van der Waals surface area contributed by atoms with Gasteiger partial charge in [-0.2, -0.15) is 0 Å². The summed E-state index contributed by atoms with van der Waals surface area (Å²) in [6, 6.07) is 1.89. The number of morpholine rings is 1. The number of carbonyl (C=O) groups is 1. The van der Waals surface area contributed by atoms with E-state index in [4.69, 9.17) is 4.74 Å². The molecule has 1 unspecified atom stereocenters. The van der Waals surface area contributed by atoms with Crippen LogP contribution >= 0.6 is 0 Å². The maximum absolute atomic E-state index is 12.5. The highest BCUT2D eigenvalue weighted by molar-refractivity contribution is 5.82. The lowest BCUT2D eigenvalue weighted by atomic mass is 10.1. The van der Waals surface area contributed by atoms with Crippen LogP contribution in [0.5, 0.6) is 0 Å². The lowest BCUT2D eigenvalue weighted by molar-refractivity contribution is -0.145. The molecule has 3 heterocycles. The maximum Gasteiger partial charge on any atom is 0.253 e. The van der Waals surface area contributed by atoms with Gasteiger partial charge in [0.2, 0.25) is 0 Å². The third kappa shape index (κ3) is 3.32. The zero-order valence-electron chi connectivity index (χ0n) is 12.5. The molecule has 0 bridgehead atoms. The molecule has 21 heavy (non-hydrogen) atoms. The van der Waals surface area contributed by atoms with Crippen LogP contribution in [0.15, 0.2) is 12.3 Å². The summed E-state index contributed by atoms with van der Waals surface area (Å²) in [6.45, 7) is 5.51. The van der Waals surface area contributed by atoms with E-state index < -0.39 is 0 Å². The molecular weight excluding hydrogens is 268 g/mol. The van der Waals surface area contributed by atoms with Crippen molar-refractivity contribution in [2.75, 3.05) is 37.7 Å². The minimum Gasteiger partial charge on any atom is -0.365 e. The van der Waals surface area contributed by atoms with Crippen molar-refractivity contribution in [3.05, 3.63) is 18.1 Å². The number of aromatic nitrogens is 2. The van der Waals surface area contributed by atoms with Crippen molar-refractivity contribution >= 4 is 11.7 Å². The number of anilines is 1. The van der Waals surface area contributed by atoms with Crippen molar-refractivity contribution in [1.82, 2.24) is 14.9 Å². The molecule has 2 fully saturated rings. The molecule has 6 heteroatoms. The zero-order valence-corrected chi connectivity index (χ0v) is 12.5. The average molecular weight is 290 g/mol. The fourth-order valence-corrected chi connectivity index (χ4v) is 2.94. The summed E-state index contributed by atoms with van der Waals surface area (Å²) in [6.07, 6.45) is 4.82. The third-order valence-electron chi connectivity index (χ3n) is 4.09. The Labute approximate surface area is 125 Å². The van der Waals surface area contributed by atoms with Crippen LogP contribution in [0.2, 0.25) is 0 Å². The highest BCUT2D eigenvalue weighted by Crippen LogP contribution is 2.18. The summed E-state index contributed by atoms with van der Waals surface area (Å²) >= 11 is 0. The Bertz CT molecular complexity index is 502. The van der Waals surface area contributed by atoms with Crippen LogP contribution in [0.1, 0.15) is 25.1 Å². The van der Waals surface area contributed by atoms with Gasteiger partial charge in [0, 0.05) is 25.8 Å². The highest BCUT2D eigenvalue weighted by atomic mass is 16.5. The summed E-state index contributed by atoms with van der Waals surface area (Å²) in [4.78, 5) is 25.2. The van der Waals surface area contributed by atoms with Gasteiger partial charge < -0.3 is 14.5 Å². The first kappa shape index (κ1) is 14.3. The minimum absolute atomic E-state index is 0.130. The Kier molecular flexibility index (Phi) is 4.34. The standard InChI is InChI=1S/C15H22N4O2/c1-12-16-6-5-14(17-12)19-9-10-21-13(11-19)15(20)18-7-3-2-4-8-18/h5-6,13H,2-4,7-11H2,1H3. The van der Waals surface area contributed by atoms with Crippen LogP contribution in [-0.4, -0.2) is 59.7 Å². The first-order chi connectivity index (χ1) is 10.2. The van der Waals surface area contributed by atoms with Crippen molar-refractivity contribution in [2.45, 2.75) is 32.3 Å². The predicted octanol–water partition coefficient (Wildman–Crippen LogP) is 1.00. The van der Waals surface area contributed by atoms with Gasteiger partial charge in [0.15, 0.2) is 6.10 Å². The van der Waals surface area contributed by atoms with Gasteiger partial charge in [-0.25, -0.2) is 9.97 Å². The molecule has 1 amide bonds. The number of ether oxygens (including phenoxy) is 1. The number of hydrogen-bond acceptors (Lipinski definition) is 5. The molecule has 0 spiro atoms. The Morgan fingerprint density at radius 2 is 2.10 bits per heavy atom. The topological polar surface area (TPSA) is 58.6 Å². The van der Waals surface area contributed by atoms with E-state index in [-0.39, 0.29) is 12.0 Å². The molecule has 0 saturated carbocycles. The molecule has 2 aliphatic rings. The Hall–Kier alpha value is -1.69. The molecule has 1 atom stereocenters. The van der Waals surface area contributed by atoms with Crippen LogP contribution < -0.4 is 4.90 Å². The number of rotatable bonds is 2. The summed E-state index contributed by atoms with van der Waals surface area (Å²) in [5.74, 6) is 1.75. The number of nitrogens with zero attached hydrogens (tertiary/aromatic N) is 4. The predicted molar refractivity (Wildman–Crippen MR) is 79.2 cm³/mol. The normalized spacial score (nSPS) is 23.2. The van der Waals surface area contributed by atoms with Crippen LogP contribution in [-0.2, 0) is 9.53 Å². The number of piperidine rings is 1. The van der Waals surface area contributed by atoms with Crippen molar-refractivity contribution in [1.29, 1.82) is 0 Å². The van der Waals surface area contributed by atoms with E-state index in [0.29, 0.717) is 13.2 Å². The molecule has 3 rings (SSSR count). The van der Waals surface area contributed by atoms with Gasteiger partial charge >= 0.3 is 0 Å². The second-order valence-electron chi connectivity index (χ2n) is 5.65. The second kappa shape index (κ2) is 6.39. The van der Waals surface area contributed by atoms with E-state index in [1.807, 2.05) is 17.9 Å². The molecule has 1 aromatic rings. The van der Waals surface area contributed by atoms with Gasteiger partial charge in [0.1, 0.15) is 11.6 Å². The quantitative estimate of drug-likeness (QED) is 0.813. The number of carbonyl (C=O) groups excluding carboxylic acids is 1. The number of hydrogen-bond donors (Lipinski definition) is 0. The fraction of sp³-hybridized carbons (Fsp3) is 0.667. The van der Waals surface area contributed by atoms with Crippen molar-refractivity contribution < 1.29 is 9.53 Å². The highest BCUT2D eigenvalue weighted by Gasteiger charge is 2.31. The molecule has 2 saturated heterocycles. The summed E-state index contributed by atoms with van der Waals surface area (Å²) in [7, 11) is 0. The molecule has 0 N–H and O–H groups in total. The molecular formula is C15H22N4O2. The van der Waals surface area contributed by atoms with Crippen LogP contribution in [0.3, 0.4) is 0 Å². The van der Waals surface area contributed by atoms with Gasteiger partial charge in [-0.3, -0.25) is 4.79 Å². The average Bonchev–Trinajstić information content (AvgIpc) is 2.55. The Morgan fingerprint density at radius 1 is 1.29 bits per heavy atom. The van der Waals surface area contributed by atoms with E-state index in [2.05, 4.69) is 14.9 Å². The molecule has 114 valence electrons. The molecule has 0 aliphatic carbocycles. The van der Waals surface area contributed by atoms with E-state index in [0.717, 1.165) is 44.1 Å². The van der Waals surface area contributed by atoms with Crippen molar-refractivity contribution in [3.63, 3.8) is 0 Å². The number of amides is 1. The molecule has 6 nitrogen and oxygen atoms in total. The first-order valence-corrected chi connectivity index (χ1v) is 7.69. The smallest absolute Gasteiger partial charge is 0.253 e. The van der Waals surface area contributed by atoms with Gasteiger partial charge in [-0.15, -0.1) is 0 Å². The third-order valence-corrected chi connectivity index (χ3v) is 4.09. The molecule has 2 aliphatic heterocycles. The lowest BCUT2D eigenvalue weighted by Crippen LogP contribution is -2.52. The fourth-order valence-electron chi connectivity index (χ4n) is 2.94. The van der Waals surface area contributed by atoms with Crippen molar-refractivity contribution in [2.24, 2.45) is 0 Å². The Balaban J connectivity index is 1.66. The number of likely N-dealkylation sites (tertiary alicyclic amines) is 1. The summed E-state index contributed by atoms with van der Waals surface area (Å²) in [5.41, 5.74) is 0. The monoisotopic (exact) mass is 290 g/mol. The van der Waals surface area contributed by atoms with E-state index in [9.17, 15) is 4.79 Å². The first-order valence-electron chi connectivity index (χ1n) is 7.69. The van der Waals surface area contributed by atoms with E-state index in [1.165, 1.54) is 6.42 Å². The van der Waals surface area contributed by atoms with Crippen molar-refractivity contribution in [3.8, 4) is 0 Å². The molecule has 0 radical (unpaired) electrons. The Morgan fingerprint density at radius 3 is 2.86 bits per heavy atom. The molecule has 0 aromatic carbocycles. The second-order valence-corrected chi connectivity index (χ2v) is 5.65. The summed E-state index contributed by atoms with van der Waals surface area (Å²) in [5, 5.41) is 0. The maximum atomic E-state index is 12.5. The van der Waals surface area contributed by atoms with E-state index in [1.54, 1.807) is 6.20 Å².